The molecule has 0 fully saturated rings. The molecule has 1 atom stereocenters. The van der Waals surface area contributed by atoms with Gasteiger partial charge in [0.1, 0.15) is 11.3 Å². The van der Waals surface area contributed by atoms with Crippen molar-refractivity contribution in [3.05, 3.63) is 47.2 Å². The van der Waals surface area contributed by atoms with Crippen molar-refractivity contribution in [1.82, 2.24) is 4.90 Å². The summed E-state index contributed by atoms with van der Waals surface area (Å²) in [7, 11) is 0. The fourth-order valence-electron chi connectivity index (χ4n) is 2.38. The standard InChI is InChI=1S/C17H20N2O4/c1-4-23-17(22)19-12(3)15(20)14(16(19)21)11(2)18-10-13-8-6-5-7-9-13/h5-9,12,20H,4,10H2,1-3H3/t12-/m0/s1. The Hall–Kier alpha value is -2.63. The maximum absolute atomic E-state index is 12.4. The summed E-state index contributed by atoms with van der Waals surface area (Å²) in [5, 5.41) is 10.2. The van der Waals surface area contributed by atoms with Gasteiger partial charge in [0.2, 0.25) is 0 Å². The molecule has 6 heteroatoms. The average molecular weight is 316 g/mol. The highest BCUT2D eigenvalue weighted by Crippen LogP contribution is 2.26. The molecular formula is C17H20N2O4. The summed E-state index contributed by atoms with van der Waals surface area (Å²) in [6, 6.07) is 8.82. The number of rotatable bonds is 4. The molecule has 0 radical (unpaired) electrons. The second-order valence-corrected chi connectivity index (χ2v) is 5.20. The maximum Gasteiger partial charge on any atom is 0.417 e. The van der Waals surface area contributed by atoms with Gasteiger partial charge in [-0.05, 0) is 26.3 Å². The highest BCUT2D eigenvalue weighted by atomic mass is 16.6. The molecule has 1 aromatic rings. The molecule has 23 heavy (non-hydrogen) atoms. The van der Waals surface area contributed by atoms with Gasteiger partial charge in [0.05, 0.1) is 19.2 Å². The summed E-state index contributed by atoms with van der Waals surface area (Å²) in [4.78, 5) is 29.5. The Morgan fingerprint density at radius 1 is 1.35 bits per heavy atom. The summed E-state index contributed by atoms with van der Waals surface area (Å²) in [5.74, 6) is -0.736. The van der Waals surface area contributed by atoms with E-state index in [0.717, 1.165) is 10.5 Å². The number of hydrogen-bond acceptors (Lipinski definition) is 5. The van der Waals surface area contributed by atoms with Crippen LogP contribution in [0.1, 0.15) is 26.3 Å². The van der Waals surface area contributed by atoms with Crippen LogP contribution in [-0.2, 0) is 16.1 Å². The van der Waals surface area contributed by atoms with E-state index in [1.807, 2.05) is 30.3 Å². The van der Waals surface area contributed by atoms with Gasteiger partial charge in [-0.25, -0.2) is 9.69 Å². The molecule has 1 aliphatic heterocycles. The van der Waals surface area contributed by atoms with Gasteiger partial charge in [0.15, 0.2) is 0 Å². The minimum atomic E-state index is -0.762. The van der Waals surface area contributed by atoms with Crippen molar-refractivity contribution in [2.45, 2.75) is 33.4 Å². The van der Waals surface area contributed by atoms with Gasteiger partial charge in [-0.15, -0.1) is 0 Å². The fourth-order valence-corrected chi connectivity index (χ4v) is 2.38. The molecule has 6 nitrogen and oxygen atoms in total. The Balaban J connectivity index is 2.21. The lowest BCUT2D eigenvalue weighted by atomic mass is 10.1. The van der Waals surface area contributed by atoms with Crippen molar-refractivity contribution < 1.29 is 19.4 Å². The van der Waals surface area contributed by atoms with E-state index in [0.29, 0.717) is 12.3 Å². The number of aliphatic hydroxyl groups is 1. The smallest absolute Gasteiger partial charge is 0.417 e. The van der Waals surface area contributed by atoms with Crippen LogP contribution in [0.25, 0.3) is 0 Å². The van der Waals surface area contributed by atoms with Crippen LogP contribution in [0.4, 0.5) is 4.79 Å². The third-order valence-corrected chi connectivity index (χ3v) is 3.64. The first-order valence-corrected chi connectivity index (χ1v) is 7.46. The van der Waals surface area contributed by atoms with E-state index in [1.165, 1.54) is 0 Å². The van der Waals surface area contributed by atoms with Gasteiger partial charge in [-0.2, -0.15) is 0 Å². The number of amides is 2. The molecule has 1 heterocycles. The van der Waals surface area contributed by atoms with E-state index in [-0.39, 0.29) is 17.9 Å². The molecule has 2 amide bonds. The second-order valence-electron chi connectivity index (χ2n) is 5.20. The average Bonchev–Trinajstić information content (AvgIpc) is 2.76. The van der Waals surface area contributed by atoms with Crippen molar-refractivity contribution in [2.24, 2.45) is 4.99 Å². The lowest BCUT2D eigenvalue weighted by Crippen LogP contribution is -2.40. The molecule has 1 aromatic carbocycles. The first kappa shape index (κ1) is 16.7. The maximum atomic E-state index is 12.4. The first-order chi connectivity index (χ1) is 11.0. The summed E-state index contributed by atoms with van der Waals surface area (Å²) in [6.07, 6.45) is -0.762. The number of carbonyl (C=O) groups is 2. The van der Waals surface area contributed by atoms with E-state index >= 15 is 0 Å². The Bertz CT molecular complexity index is 664. The van der Waals surface area contributed by atoms with E-state index in [1.54, 1.807) is 20.8 Å². The lowest BCUT2D eigenvalue weighted by Gasteiger charge is -2.18. The molecule has 0 aromatic heterocycles. The van der Waals surface area contributed by atoms with Crippen molar-refractivity contribution in [3.63, 3.8) is 0 Å². The number of carbonyl (C=O) groups excluding carboxylic acids is 2. The summed E-state index contributed by atoms with van der Waals surface area (Å²) in [5.41, 5.74) is 1.46. The van der Waals surface area contributed by atoms with Gasteiger partial charge in [0.25, 0.3) is 5.91 Å². The second kappa shape index (κ2) is 7.09. The molecule has 1 N–H and O–H groups in total. The Kier molecular flexibility index (Phi) is 5.16. The monoisotopic (exact) mass is 316 g/mol. The number of benzene rings is 1. The zero-order valence-corrected chi connectivity index (χ0v) is 13.4. The van der Waals surface area contributed by atoms with Crippen LogP contribution in [0.15, 0.2) is 46.7 Å². The molecule has 0 unspecified atom stereocenters. The largest absolute Gasteiger partial charge is 0.509 e. The SMILES string of the molecule is CCOC(=O)N1C(=O)C(C(C)=NCc2ccccc2)=C(O)[C@@H]1C. The third kappa shape index (κ3) is 3.41. The van der Waals surface area contributed by atoms with Crippen LogP contribution >= 0.6 is 0 Å². The van der Waals surface area contributed by atoms with Crippen molar-refractivity contribution >= 4 is 17.7 Å². The highest BCUT2D eigenvalue weighted by Gasteiger charge is 2.42. The lowest BCUT2D eigenvalue weighted by molar-refractivity contribution is -0.124. The van der Waals surface area contributed by atoms with Crippen LogP contribution in [0, 0.1) is 0 Å². The molecule has 0 spiro atoms. The number of nitrogens with zero attached hydrogens (tertiary/aromatic N) is 2. The van der Waals surface area contributed by atoms with Gasteiger partial charge in [-0.1, -0.05) is 30.3 Å². The predicted molar refractivity (Wildman–Crippen MR) is 86.2 cm³/mol. The van der Waals surface area contributed by atoms with E-state index in [2.05, 4.69) is 4.99 Å². The zero-order chi connectivity index (χ0) is 17.0. The van der Waals surface area contributed by atoms with Crippen molar-refractivity contribution in [3.8, 4) is 0 Å². The minimum Gasteiger partial charge on any atom is -0.509 e. The topological polar surface area (TPSA) is 79.2 Å². The molecule has 122 valence electrons. The number of hydrogen-bond donors (Lipinski definition) is 1. The molecule has 2 rings (SSSR count). The Morgan fingerprint density at radius 3 is 2.61 bits per heavy atom. The quantitative estimate of drug-likeness (QED) is 0.866. The van der Waals surface area contributed by atoms with Crippen LogP contribution in [0.5, 0.6) is 0 Å². The molecule has 0 saturated heterocycles. The molecule has 0 saturated carbocycles. The first-order valence-electron chi connectivity index (χ1n) is 7.46. The predicted octanol–water partition coefficient (Wildman–Crippen LogP) is 2.85. The summed E-state index contributed by atoms with van der Waals surface area (Å²) in [6.45, 7) is 5.43. The van der Waals surface area contributed by atoms with Gasteiger partial charge < -0.3 is 9.84 Å². The Morgan fingerprint density at radius 2 is 2.00 bits per heavy atom. The van der Waals surface area contributed by atoms with Gasteiger partial charge in [-0.3, -0.25) is 9.79 Å². The third-order valence-electron chi connectivity index (χ3n) is 3.64. The highest BCUT2D eigenvalue weighted by molar-refractivity contribution is 6.25. The number of aliphatic hydroxyl groups excluding tert-OH is 1. The number of ether oxygens (including phenoxy) is 1. The molecule has 0 bridgehead atoms. The van der Waals surface area contributed by atoms with Crippen LogP contribution in [0.2, 0.25) is 0 Å². The van der Waals surface area contributed by atoms with Crippen molar-refractivity contribution in [2.75, 3.05) is 6.61 Å². The molecule has 0 aliphatic carbocycles. The summed E-state index contributed by atoms with van der Waals surface area (Å²) >= 11 is 0. The normalized spacial score (nSPS) is 18.6. The van der Waals surface area contributed by atoms with Gasteiger partial charge in [0, 0.05) is 5.71 Å². The molecule has 1 aliphatic rings. The Labute approximate surface area is 135 Å². The minimum absolute atomic E-state index is 0.0708. The van der Waals surface area contributed by atoms with E-state index < -0.39 is 18.0 Å². The van der Waals surface area contributed by atoms with E-state index in [4.69, 9.17) is 4.74 Å². The number of aliphatic imine (C=N–C) groups is 1. The molecular weight excluding hydrogens is 296 g/mol. The number of imide groups is 1. The van der Waals surface area contributed by atoms with Gasteiger partial charge >= 0.3 is 6.09 Å². The van der Waals surface area contributed by atoms with Crippen LogP contribution in [0.3, 0.4) is 0 Å². The van der Waals surface area contributed by atoms with Crippen LogP contribution in [-0.4, -0.2) is 40.4 Å². The fraction of sp³-hybridized carbons (Fsp3) is 0.353. The zero-order valence-electron chi connectivity index (χ0n) is 13.4. The summed E-state index contributed by atoms with van der Waals surface area (Å²) < 4.78 is 4.86. The van der Waals surface area contributed by atoms with Crippen molar-refractivity contribution in [1.29, 1.82) is 0 Å². The van der Waals surface area contributed by atoms with Crippen LogP contribution < -0.4 is 0 Å². The van der Waals surface area contributed by atoms with E-state index in [9.17, 15) is 14.7 Å².